The van der Waals surface area contributed by atoms with Gasteiger partial charge in [-0.05, 0) is 83.5 Å². The van der Waals surface area contributed by atoms with Gasteiger partial charge in [-0.15, -0.1) is 0 Å². The molecule has 2 aromatic carbocycles. The van der Waals surface area contributed by atoms with Gasteiger partial charge in [-0.2, -0.15) is 10.5 Å². The summed E-state index contributed by atoms with van der Waals surface area (Å²) in [6.45, 7) is 2.56. The molecular weight excluding hydrogens is 460 g/mol. The Morgan fingerprint density at radius 2 is 1.78 bits per heavy atom. The summed E-state index contributed by atoms with van der Waals surface area (Å²) in [5, 5.41) is 32.0. The molecule has 1 N–H and O–H groups in total. The quantitative estimate of drug-likeness (QED) is 0.433. The number of nitrogens with zero attached hydrogens (tertiary/aromatic N) is 2. The van der Waals surface area contributed by atoms with Crippen LogP contribution in [0.1, 0.15) is 48.8 Å². The number of allylic oxidation sites excluding steroid dienone is 3. The lowest BCUT2D eigenvalue weighted by Crippen LogP contribution is -2.30. The maximum absolute atomic E-state index is 10.5. The van der Waals surface area contributed by atoms with E-state index in [1.807, 2.05) is 61.5 Å². The van der Waals surface area contributed by atoms with Crippen molar-refractivity contribution in [2.24, 2.45) is 0 Å². The number of rotatable bonds is 7. The average molecular weight is 489 g/mol. The number of carbonyl (C=O) groups excluding carboxylic acids is 1. The number of aldehydes is 1. The molecule has 0 aliphatic heterocycles. The van der Waals surface area contributed by atoms with Gasteiger partial charge in [0.2, 0.25) is 0 Å². The SMILES string of the molecule is Cc1ccc(OCCCCCC=O)ccccc2c1=C1CC(=C(C#N)C=2C#N)C=Cc2cc(O)ccc21. The van der Waals surface area contributed by atoms with Gasteiger partial charge in [0, 0.05) is 18.1 Å². The van der Waals surface area contributed by atoms with Crippen LogP contribution in [0.25, 0.3) is 17.2 Å². The first kappa shape index (κ1) is 25.5. The summed E-state index contributed by atoms with van der Waals surface area (Å²) in [6, 6.07) is 21.3. The number of aromatic hydroxyl groups is 1. The largest absolute Gasteiger partial charge is 0.508 e. The Bertz CT molecular complexity index is 1560. The number of ether oxygens (including phenoxy) is 1. The molecule has 0 saturated heterocycles. The fourth-order valence-electron chi connectivity index (χ4n) is 4.78. The first-order chi connectivity index (χ1) is 18.1. The predicted octanol–water partition coefficient (Wildman–Crippen LogP) is 5.09. The normalized spacial score (nSPS) is 13.3. The van der Waals surface area contributed by atoms with Crippen molar-refractivity contribution >= 4 is 23.5 Å². The molecule has 0 unspecified atom stereocenters. The van der Waals surface area contributed by atoms with E-state index in [1.165, 1.54) is 0 Å². The Kier molecular flexibility index (Phi) is 8.18. The maximum Gasteiger partial charge on any atom is 0.119 e. The molecule has 0 atom stereocenters. The van der Waals surface area contributed by atoms with E-state index >= 15 is 0 Å². The van der Waals surface area contributed by atoms with E-state index in [0.717, 1.165) is 64.4 Å². The number of benzene rings is 1. The Morgan fingerprint density at radius 1 is 0.973 bits per heavy atom. The highest BCUT2D eigenvalue weighted by Gasteiger charge is 2.22. The van der Waals surface area contributed by atoms with Gasteiger partial charge in [0.25, 0.3) is 0 Å². The molecule has 2 bridgehead atoms. The second-order valence-corrected chi connectivity index (χ2v) is 9.05. The molecule has 0 heterocycles. The second kappa shape index (κ2) is 11.9. The van der Waals surface area contributed by atoms with Crippen molar-refractivity contribution in [3.05, 3.63) is 98.9 Å². The van der Waals surface area contributed by atoms with Crippen molar-refractivity contribution in [2.75, 3.05) is 6.61 Å². The molecule has 5 nitrogen and oxygen atoms in total. The topological polar surface area (TPSA) is 94.1 Å². The van der Waals surface area contributed by atoms with Crippen molar-refractivity contribution in [3.63, 3.8) is 0 Å². The smallest absolute Gasteiger partial charge is 0.119 e. The van der Waals surface area contributed by atoms with Crippen molar-refractivity contribution in [1.29, 1.82) is 10.5 Å². The van der Waals surface area contributed by atoms with E-state index in [1.54, 1.807) is 12.1 Å². The summed E-state index contributed by atoms with van der Waals surface area (Å²) in [4.78, 5) is 10.5. The predicted molar refractivity (Wildman–Crippen MR) is 144 cm³/mol. The third kappa shape index (κ3) is 5.63. The minimum Gasteiger partial charge on any atom is -0.508 e. The molecule has 2 aromatic rings. The minimum absolute atomic E-state index is 0.172. The van der Waals surface area contributed by atoms with E-state index < -0.39 is 0 Å². The standard InChI is InChI=1S/C32H28N2O3/c1-22-10-14-26(37-17-7-3-2-6-16-35)8-4-5-9-28-31(21-34)30(20-33)24-12-11-23-18-25(36)13-15-27(23)29(19-24)32(22)28/h4-5,8-16,18,36H,2-3,6-7,17,19H2,1H3. The summed E-state index contributed by atoms with van der Waals surface area (Å²) >= 11 is 0. The summed E-state index contributed by atoms with van der Waals surface area (Å²) in [5.74, 6) is 0.890. The van der Waals surface area contributed by atoms with Crippen molar-refractivity contribution in [1.82, 2.24) is 0 Å². The summed E-state index contributed by atoms with van der Waals surface area (Å²) in [6.07, 6.45) is 8.46. The van der Waals surface area contributed by atoms with Crippen LogP contribution in [0.2, 0.25) is 0 Å². The zero-order valence-electron chi connectivity index (χ0n) is 20.8. The number of nitriles is 2. The van der Waals surface area contributed by atoms with Crippen LogP contribution in [0, 0.1) is 29.6 Å². The van der Waals surface area contributed by atoms with Gasteiger partial charge in [-0.1, -0.05) is 42.5 Å². The van der Waals surface area contributed by atoms with Crippen LogP contribution < -0.4 is 15.2 Å². The Morgan fingerprint density at radius 3 is 2.57 bits per heavy atom. The molecule has 37 heavy (non-hydrogen) atoms. The third-order valence-electron chi connectivity index (χ3n) is 6.59. The highest BCUT2D eigenvalue weighted by molar-refractivity contribution is 5.89. The maximum atomic E-state index is 10.5. The second-order valence-electron chi connectivity index (χ2n) is 9.05. The lowest BCUT2D eigenvalue weighted by Gasteiger charge is -2.10. The van der Waals surface area contributed by atoms with E-state index in [9.17, 15) is 20.4 Å². The van der Waals surface area contributed by atoms with Crippen molar-refractivity contribution in [3.8, 4) is 23.6 Å². The zero-order valence-corrected chi connectivity index (χ0v) is 20.8. The minimum atomic E-state index is 0.172. The number of hydrogen-bond acceptors (Lipinski definition) is 5. The molecule has 0 amide bonds. The van der Waals surface area contributed by atoms with E-state index in [0.29, 0.717) is 35.8 Å². The first-order valence-corrected chi connectivity index (χ1v) is 12.4. The number of fused-ring (bicyclic) bond motifs is 5. The molecule has 0 saturated carbocycles. The summed E-state index contributed by atoms with van der Waals surface area (Å²) in [7, 11) is 0. The van der Waals surface area contributed by atoms with Crippen molar-refractivity contribution < 1.29 is 14.6 Å². The number of hydrogen-bond donors (Lipinski definition) is 1. The average Bonchev–Trinajstić information content (AvgIpc) is 3.16. The van der Waals surface area contributed by atoms with Crippen LogP contribution in [-0.2, 0) is 4.79 Å². The van der Waals surface area contributed by atoms with E-state index in [-0.39, 0.29) is 5.75 Å². The lowest BCUT2D eigenvalue weighted by molar-refractivity contribution is -0.107. The molecule has 0 aromatic heterocycles. The number of phenols is 1. The molecule has 0 spiro atoms. The van der Waals surface area contributed by atoms with Gasteiger partial charge in [-0.3, -0.25) is 0 Å². The van der Waals surface area contributed by atoms with Crippen LogP contribution in [0.4, 0.5) is 0 Å². The Balaban J connectivity index is 1.96. The third-order valence-corrected chi connectivity index (χ3v) is 6.59. The lowest BCUT2D eigenvalue weighted by atomic mass is 9.94. The fourth-order valence-corrected chi connectivity index (χ4v) is 4.78. The highest BCUT2D eigenvalue weighted by atomic mass is 16.5. The van der Waals surface area contributed by atoms with Crippen molar-refractivity contribution in [2.45, 2.75) is 39.0 Å². The van der Waals surface area contributed by atoms with Crippen LogP contribution in [0.3, 0.4) is 0 Å². The summed E-state index contributed by atoms with van der Waals surface area (Å²) < 4.78 is 5.99. The number of carbonyl (C=O) groups is 1. The Labute approximate surface area is 216 Å². The fraction of sp³-hybridized carbons (Fsp3) is 0.219. The van der Waals surface area contributed by atoms with Crippen LogP contribution >= 0.6 is 0 Å². The molecule has 0 fully saturated rings. The van der Waals surface area contributed by atoms with Gasteiger partial charge in [0.1, 0.15) is 29.9 Å². The van der Waals surface area contributed by atoms with Gasteiger partial charge < -0.3 is 14.6 Å². The van der Waals surface area contributed by atoms with Gasteiger partial charge in [0.05, 0.1) is 17.8 Å². The monoisotopic (exact) mass is 488 g/mol. The van der Waals surface area contributed by atoms with Crippen LogP contribution in [0.5, 0.6) is 11.5 Å². The van der Waals surface area contributed by atoms with E-state index in [2.05, 4.69) is 12.1 Å². The van der Waals surface area contributed by atoms with Crippen LogP contribution in [-0.4, -0.2) is 18.0 Å². The van der Waals surface area contributed by atoms with Gasteiger partial charge in [0.15, 0.2) is 0 Å². The number of unbranched alkanes of at least 4 members (excludes halogenated alkanes) is 3. The number of phenolic OH excluding ortho intramolecular Hbond substituents is 1. The zero-order chi connectivity index (χ0) is 26.2. The molecule has 2 aliphatic carbocycles. The van der Waals surface area contributed by atoms with Gasteiger partial charge in [-0.25, -0.2) is 0 Å². The summed E-state index contributed by atoms with van der Waals surface area (Å²) in [5.41, 5.74) is 5.24. The molecule has 2 aliphatic rings. The molecule has 0 radical (unpaired) electrons. The molecular formula is C32H28N2O3. The van der Waals surface area contributed by atoms with Crippen LogP contribution in [0.15, 0.2) is 71.8 Å². The Hall–Kier alpha value is -4.61. The van der Waals surface area contributed by atoms with Gasteiger partial charge >= 0.3 is 0 Å². The van der Waals surface area contributed by atoms with E-state index in [4.69, 9.17) is 4.74 Å². The molecule has 184 valence electrons. The highest BCUT2D eigenvalue weighted by Crippen LogP contribution is 2.34. The first-order valence-electron chi connectivity index (χ1n) is 12.4. The molecule has 4 rings (SSSR count). The molecule has 5 heteroatoms. The number of aryl methyl sites for hydroxylation is 1.